The third kappa shape index (κ3) is 2.92. The highest BCUT2D eigenvalue weighted by atomic mass is 16.5. The van der Waals surface area contributed by atoms with E-state index in [1.54, 1.807) is 0 Å². The summed E-state index contributed by atoms with van der Waals surface area (Å²) in [7, 11) is 0. The Hall–Kier alpha value is -1.32. The third-order valence-corrected chi connectivity index (χ3v) is 3.60. The fraction of sp³-hybridized carbons (Fsp3) is 0.833. The molecule has 0 N–H and O–H groups in total. The highest BCUT2D eigenvalue weighted by Crippen LogP contribution is 2.09. The van der Waals surface area contributed by atoms with E-state index in [2.05, 4.69) is 11.0 Å². The van der Waals surface area contributed by atoms with Gasteiger partial charge in [-0.05, 0) is 6.92 Å². The summed E-state index contributed by atoms with van der Waals surface area (Å²) in [6.07, 6.45) is 0. The molecule has 18 heavy (non-hydrogen) atoms. The number of carbonyl (C=O) groups is 1. The van der Waals surface area contributed by atoms with Crippen LogP contribution in [0.25, 0.3) is 0 Å². The van der Waals surface area contributed by atoms with Crippen LogP contribution in [0.3, 0.4) is 0 Å². The maximum absolute atomic E-state index is 12.2. The second-order valence-corrected chi connectivity index (χ2v) is 4.71. The zero-order valence-electron chi connectivity index (χ0n) is 10.8. The molecule has 0 saturated carbocycles. The van der Waals surface area contributed by atoms with Gasteiger partial charge in [-0.3, -0.25) is 4.90 Å². The van der Waals surface area contributed by atoms with Gasteiger partial charge >= 0.3 is 6.03 Å². The normalized spacial score (nSPS) is 23.6. The fourth-order valence-electron chi connectivity index (χ4n) is 2.34. The number of carbonyl (C=O) groups excluding carboxylic acids is 1. The summed E-state index contributed by atoms with van der Waals surface area (Å²) in [6.45, 7) is 7.54. The van der Waals surface area contributed by atoms with E-state index in [1.807, 2.05) is 16.7 Å². The standard InChI is InChI=1S/C12H20N4O2/c1-11(10-13)14-2-4-15(5-3-14)12(17)16-6-8-18-9-7-16/h11H,2-9H2,1H3. The van der Waals surface area contributed by atoms with Crippen LogP contribution >= 0.6 is 0 Å². The molecule has 0 aliphatic carbocycles. The molecular weight excluding hydrogens is 232 g/mol. The Morgan fingerprint density at radius 3 is 2.22 bits per heavy atom. The smallest absolute Gasteiger partial charge is 0.320 e. The predicted octanol–water partition coefficient (Wildman–Crippen LogP) is -0.0317. The maximum atomic E-state index is 12.2. The Balaban J connectivity index is 1.82. The van der Waals surface area contributed by atoms with Gasteiger partial charge in [0.25, 0.3) is 0 Å². The van der Waals surface area contributed by atoms with Gasteiger partial charge in [0.2, 0.25) is 0 Å². The first-order valence-electron chi connectivity index (χ1n) is 6.47. The molecule has 0 bridgehead atoms. The van der Waals surface area contributed by atoms with Crippen LogP contribution in [-0.4, -0.2) is 79.3 Å². The van der Waals surface area contributed by atoms with E-state index in [9.17, 15) is 4.79 Å². The van der Waals surface area contributed by atoms with Crippen molar-refractivity contribution in [3.8, 4) is 6.07 Å². The molecule has 100 valence electrons. The largest absolute Gasteiger partial charge is 0.378 e. The number of nitrogens with zero attached hydrogens (tertiary/aromatic N) is 4. The summed E-state index contributed by atoms with van der Waals surface area (Å²) >= 11 is 0. The van der Waals surface area contributed by atoms with Crippen molar-refractivity contribution in [2.75, 3.05) is 52.5 Å². The molecule has 0 aromatic carbocycles. The van der Waals surface area contributed by atoms with E-state index < -0.39 is 0 Å². The van der Waals surface area contributed by atoms with Crippen molar-refractivity contribution in [2.45, 2.75) is 13.0 Å². The minimum Gasteiger partial charge on any atom is -0.378 e. The van der Waals surface area contributed by atoms with Crippen molar-refractivity contribution in [1.82, 2.24) is 14.7 Å². The summed E-state index contributed by atoms with van der Waals surface area (Å²) in [4.78, 5) is 18.1. The van der Waals surface area contributed by atoms with Gasteiger partial charge < -0.3 is 14.5 Å². The number of urea groups is 1. The Morgan fingerprint density at radius 1 is 1.11 bits per heavy atom. The van der Waals surface area contributed by atoms with E-state index in [0.29, 0.717) is 39.4 Å². The van der Waals surface area contributed by atoms with Gasteiger partial charge in [-0.15, -0.1) is 0 Å². The van der Waals surface area contributed by atoms with Gasteiger partial charge in [0.15, 0.2) is 0 Å². The van der Waals surface area contributed by atoms with Crippen molar-refractivity contribution in [3.63, 3.8) is 0 Å². The van der Waals surface area contributed by atoms with Gasteiger partial charge in [-0.2, -0.15) is 5.26 Å². The van der Waals surface area contributed by atoms with Crippen LogP contribution in [0.5, 0.6) is 0 Å². The van der Waals surface area contributed by atoms with Gasteiger partial charge in [-0.25, -0.2) is 4.79 Å². The summed E-state index contributed by atoms with van der Waals surface area (Å²) in [5, 5.41) is 8.87. The van der Waals surface area contributed by atoms with Crippen LogP contribution in [0.2, 0.25) is 0 Å². The molecule has 2 saturated heterocycles. The SMILES string of the molecule is CC(C#N)N1CCN(C(=O)N2CCOCC2)CC1. The molecule has 0 aromatic heterocycles. The minimum atomic E-state index is -0.0642. The number of morpholine rings is 1. The molecule has 2 rings (SSSR count). The van der Waals surface area contributed by atoms with Crippen LogP contribution in [0.1, 0.15) is 6.92 Å². The Labute approximate surface area is 108 Å². The van der Waals surface area contributed by atoms with Gasteiger partial charge in [0, 0.05) is 39.3 Å². The van der Waals surface area contributed by atoms with Crippen LogP contribution in [0.4, 0.5) is 4.79 Å². The highest BCUT2D eigenvalue weighted by Gasteiger charge is 2.27. The number of nitriles is 1. The van der Waals surface area contributed by atoms with Gasteiger partial charge in [-0.1, -0.05) is 0 Å². The molecule has 2 amide bonds. The number of ether oxygens (including phenoxy) is 1. The zero-order chi connectivity index (χ0) is 13.0. The Kier molecular flexibility index (Phi) is 4.39. The maximum Gasteiger partial charge on any atom is 0.320 e. The number of hydrogen-bond acceptors (Lipinski definition) is 4. The van der Waals surface area contributed by atoms with Crippen molar-refractivity contribution >= 4 is 6.03 Å². The van der Waals surface area contributed by atoms with Crippen LogP contribution in [0, 0.1) is 11.3 Å². The summed E-state index contributed by atoms with van der Waals surface area (Å²) in [5.41, 5.74) is 0. The molecule has 2 aliphatic heterocycles. The van der Waals surface area contributed by atoms with Crippen LogP contribution in [-0.2, 0) is 4.74 Å². The fourth-order valence-corrected chi connectivity index (χ4v) is 2.34. The Morgan fingerprint density at radius 2 is 1.67 bits per heavy atom. The minimum absolute atomic E-state index is 0.0642. The zero-order valence-corrected chi connectivity index (χ0v) is 10.8. The molecule has 0 spiro atoms. The van der Waals surface area contributed by atoms with Gasteiger partial charge in [0.05, 0.1) is 25.3 Å². The predicted molar refractivity (Wildman–Crippen MR) is 66.0 cm³/mol. The van der Waals surface area contributed by atoms with Crippen molar-refractivity contribution in [1.29, 1.82) is 5.26 Å². The Bertz CT molecular complexity index is 327. The molecule has 0 radical (unpaired) electrons. The van der Waals surface area contributed by atoms with Crippen molar-refractivity contribution in [2.24, 2.45) is 0 Å². The monoisotopic (exact) mass is 252 g/mol. The van der Waals surface area contributed by atoms with Crippen LogP contribution in [0.15, 0.2) is 0 Å². The lowest BCUT2D eigenvalue weighted by Crippen LogP contribution is -2.55. The average molecular weight is 252 g/mol. The first kappa shape index (κ1) is 13.1. The van der Waals surface area contributed by atoms with E-state index in [0.717, 1.165) is 13.1 Å². The van der Waals surface area contributed by atoms with E-state index in [1.165, 1.54) is 0 Å². The summed E-state index contributed by atoms with van der Waals surface area (Å²) in [5.74, 6) is 0. The second kappa shape index (κ2) is 6.03. The van der Waals surface area contributed by atoms with Gasteiger partial charge in [0.1, 0.15) is 0 Å². The van der Waals surface area contributed by atoms with E-state index in [4.69, 9.17) is 10.00 Å². The summed E-state index contributed by atoms with van der Waals surface area (Å²) < 4.78 is 5.24. The molecule has 6 nitrogen and oxygen atoms in total. The average Bonchev–Trinajstić information content (AvgIpc) is 2.47. The number of rotatable bonds is 1. The molecule has 1 atom stereocenters. The quantitative estimate of drug-likeness (QED) is 0.657. The lowest BCUT2D eigenvalue weighted by atomic mass is 10.2. The lowest BCUT2D eigenvalue weighted by molar-refractivity contribution is 0.0367. The van der Waals surface area contributed by atoms with E-state index in [-0.39, 0.29) is 12.1 Å². The molecule has 6 heteroatoms. The molecule has 2 fully saturated rings. The number of amides is 2. The number of hydrogen-bond donors (Lipinski definition) is 0. The van der Waals surface area contributed by atoms with E-state index >= 15 is 0 Å². The van der Waals surface area contributed by atoms with Crippen LogP contribution < -0.4 is 0 Å². The molecule has 1 unspecified atom stereocenters. The lowest BCUT2D eigenvalue weighted by Gasteiger charge is -2.39. The first-order chi connectivity index (χ1) is 8.72. The first-order valence-corrected chi connectivity index (χ1v) is 6.47. The molecule has 0 aromatic rings. The summed E-state index contributed by atoms with van der Waals surface area (Å²) in [6, 6.07) is 2.29. The molecule has 2 heterocycles. The van der Waals surface area contributed by atoms with Crippen molar-refractivity contribution in [3.05, 3.63) is 0 Å². The molecular formula is C12H20N4O2. The third-order valence-electron chi connectivity index (χ3n) is 3.60. The number of piperazine rings is 1. The topological polar surface area (TPSA) is 59.8 Å². The molecule has 2 aliphatic rings. The second-order valence-electron chi connectivity index (χ2n) is 4.71. The van der Waals surface area contributed by atoms with Crippen molar-refractivity contribution < 1.29 is 9.53 Å². The highest BCUT2D eigenvalue weighted by molar-refractivity contribution is 5.74.